The second-order valence-corrected chi connectivity index (χ2v) is 3.83. The molecule has 3 heteroatoms. The summed E-state index contributed by atoms with van der Waals surface area (Å²) in [7, 11) is 2.02. The molecular weight excluding hydrogens is 176 g/mol. The number of hydrogen-bond acceptors (Lipinski definition) is 3. The zero-order chi connectivity index (χ0) is 10.1. The number of aromatic hydroxyl groups is 1. The van der Waals surface area contributed by atoms with Gasteiger partial charge in [-0.3, -0.25) is 0 Å². The van der Waals surface area contributed by atoms with E-state index in [1.807, 2.05) is 13.1 Å². The van der Waals surface area contributed by atoms with Crippen LogP contribution in [0.4, 0.5) is 5.69 Å². The highest BCUT2D eigenvalue weighted by atomic mass is 16.3. The van der Waals surface area contributed by atoms with Crippen molar-refractivity contribution >= 4 is 5.69 Å². The van der Waals surface area contributed by atoms with Crippen molar-refractivity contribution in [2.24, 2.45) is 5.73 Å². The molecule has 0 fully saturated rings. The molecule has 2 rings (SSSR count). The lowest BCUT2D eigenvalue weighted by Crippen LogP contribution is -2.29. The molecule has 0 amide bonds. The quantitative estimate of drug-likeness (QED) is 0.737. The Bertz CT molecular complexity index is 338. The van der Waals surface area contributed by atoms with Crippen LogP contribution in [-0.4, -0.2) is 24.7 Å². The number of phenolic OH excluding ortho intramolecular Hbond substituents is 1. The summed E-state index contributed by atoms with van der Waals surface area (Å²) in [5, 5.41) is 9.71. The molecule has 0 radical (unpaired) electrons. The van der Waals surface area contributed by atoms with E-state index < -0.39 is 0 Å². The minimum atomic E-state index is 0.379. The molecule has 0 saturated carbocycles. The molecule has 1 aliphatic heterocycles. The summed E-state index contributed by atoms with van der Waals surface area (Å²) in [6.45, 7) is 0.698. The Morgan fingerprint density at radius 2 is 2.36 bits per heavy atom. The largest absolute Gasteiger partial charge is 0.506 e. The molecule has 1 aromatic rings. The highest BCUT2D eigenvalue weighted by Crippen LogP contribution is 2.38. The number of fused-ring (bicyclic) bond motifs is 1. The van der Waals surface area contributed by atoms with E-state index in [0.29, 0.717) is 18.3 Å². The zero-order valence-corrected chi connectivity index (χ0v) is 8.40. The van der Waals surface area contributed by atoms with E-state index in [2.05, 4.69) is 11.0 Å². The Morgan fingerprint density at radius 3 is 3.00 bits per heavy atom. The summed E-state index contributed by atoms with van der Waals surface area (Å²) in [6, 6.07) is 6.15. The van der Waals surface area contributed by atoms with Gasteiger partial charge in [-0.1, -0.05) is 12.1 Å². The van der Waals surface area contributed by atoms with Crippen LogP contribution in [0.1, 0.15) is 12.0 Å². The summed E-state index contributed by atoms with van der Waals surface area (Å²) in [4.78, 5) is 2.14. The minimum absolute atomic E-state index is 0.379. The lowest BCUT2D eigenvalue weighted by atomic mass is 10.1. The van der Waals surface area contributed by atoms with Gasteiger partial charge in [0.2, 0.25) is 0 Å². The van der Waals surface area contributed by atoms with Gasteiger partial charge in [-0.2, -0.15) is 0 Å². The fourth-order valence-corrected chi connectivity index (χ4v) is 2.21. The fourth-order valence-electron chi connectivity index (χ4n) is 2.21. The smallest absolute Gasteiger partial charge is 0.139 e. The third kappa shape index (κ3) is 1.34. The first-order valence-corrected chi connectivity index (χ1v) is 4.97. The van der Waals surface area contributed by atoms with Gasteiger partial charge in [0.05, 0.1) is 5.69 Å². The summed E-state index contributed by atoms with van der Waals surface area (Å²) in [6.07, 6.45) is 1.97. The van der Waals surface area contributed by atoms with E-state index >= 15 is 0 Å². The summed E-state index contributed by atoms with van der Waals surface area (Å²) in [5.74, 6) is 0.379. The highest BCUT2D eigenvalue weighted by Gasteiger charge is 2.27. The van der Waals surface area contributed by atoms with Gasteiger partial charge in [-0.15, -0.1) is 0 Å². The average molecular weight is 192 g/mol. The van der Waals surface area contributed by atoms with E-state index in [0.717, 1.165) is 18.5 Å². The third-order valence-electron chi connectivity index (χ3n) is 2.95. The van der Waals surface area contributed by atoms with Crippen molar-refractivity contribution in [3.05, 3.63) is 23.8 Å². The van der Waals surface area contributed by atoms with Crippen molar-refractivity contribution < 1.29 is 5.11 Å². The van der Waals surface area contributed by atoms with E-state index in [1.165, 1.54) is 5.56 Å². The Hall–Kier alpha value is -1.22. The van der Waals surface area contributed by atoms with Crippen LogP contribution in [0.15, 0.2) is 18.2 Å². The molecule has 0 aromatic heterocycles. The molecule has 0 saturated heterocycles. The van der Waals surface area contributed by atoms with Crippen molar-refractivity contribution in [1.82, 2.24) is 0 Å². The van der Waals surface area contributed by atoms with Crippen LogP contribution in [-0.2, 0) is 6.42 Å². The monoisotopic (exact) mass is 192 g/mol. The molecule has 0 aliphatic carbocycles. The molecule has 0 spiro atoms. The molecule has 1 heterocycles. The summed E-state index contributed by atoms with van der Waals surface area (Å²) < 4.78 is 0. The number of anilines is 1. The van der Waals surface area contributed by atoms with Gasteiger partial charge >= 0.3 is 0 Å². The zero-order valence-electron chi connectivity index (χ0n) is 8.40. The van der Waals surface area contributed by atoms with Crippen molar-refractivity contribution in [3.63, 3.8) is 0 Å². The van der Waals surface area contributed by atoms with Gasteiger partial charge in [-0.25, -0.2) is 0 Å². The molecule has 3 N–H and O–H groups in total. The maximum absolute atomic E-state index is 9.71. The van der Waals surface area contributed by atoms with Crippen LogP contribution in [0.3, 0.4) is 0 Å². The van der Waals surface area contributed by atoms with Crippen LogP contribution < -0.4 is 10.6 Å². The van der Waals surface area contributed by atoms with Gasteiger partial charge in [0.1, 0.15) is 5.75 Å². The van der Waals surface area contributed by atoms with Crippen LogP contribution in [0.2, 0.25) is 0 Å². The SMILES string of the molecule is CN1c2c(O)cccc2CC1CCN. The van der Waals surface area contributed by atoms with Gasteiger partial charge in [0.25, 0.3) is 0 Å². The first-order valence-electron chi connectivity index (χ1n) is 4.97. The topological polar surface area (TPSA) is 49.5 Å². The molecule has 76 valence electrons. The van der Waals surface area contributed by atoms with E-state index in [4.69, 9.17) is 5.73 Å². The highest BCUT2D eigenvalue weighted by molar-refractivity contribution is 5.67. The summed E-state index contributed by atoms with van der Waals surface area (Å²) >= 11 is 0. The molecule has 1 aromatic carbocycles. The third-order valence-corrected chi connectivity index (χ3v) is 2.95. The lowest BCUT2D eigenvalue weighted by Gasteiger charge is -2.22. The second kappa shape index (κ2) is 3.50. The van der Waals surface area contributed by atoms with E-state index in [1.54, 1.807) is 6.07 Å². The Morgan fingerprint density at radius 1 is 1.57 bits per heavy atom. The Kier molecular flexibility index (Phi) is 2.33. The van der Waals surface area contributed by atoms with Crippen molar-refractivity contribution in [3.8, 4) is 5.75 Å². The molecule has 0 bridgehead atoms. The predicted molar refractivity (Wildman–Crippen MR) is 57.7 cm³/mol. The number of hydrogen-bond donors (Lipinski definition) is 2. The van der Waals surface area contributed by atoms with Gasteiger partial charge in [-0.05, 0) is 31.0 Å². The molecule has 1 atom stereocenters. The fraction of sp³-hybridized carbons (Fsp3) is 0.455. The number of para-hydroxylation sites is 1. The Balaban J connectivity index is 2.31. The second-order valence-electron chi connectivity index (χ2n) is 3.83. The van der Waals surface area contributed by atoms with Gasteiger partial charge in [0.15, 0.2) is 0 Å². The van der Waals surface area contributed by atoms with E-state index in [9.17, 15) is 5.11 Å². The maximum atomic E-state index is 9.71. The van der Waals surface area contributed by atoms with Crippen LogP contribution in [0.5, 0.6) is 5.75 Å². The minimum Gasteiger partial charge on any atom is -0.506 e. The van der Waals surface area contributed by atoms with E-state index in [-0.39, 0.29) is 0 Å². The van der Waals surface area contributed by atoms with Crippen LogP contribution in [0, 0.1) is 0 Å². The van der Waals surface area contributed by atoms with Crippen molar-refractivity contribution in [2.45, 2.75) is 18.9 Å². The number of phenols is 1. The standard InChI is InChI=1S/C11H16N2O/c1-13-9(5-6-12)7-8-3-2-4-10(14)11(8)13/h2-4,9,14H,5-7,12H2,1H3. The number of benzene rings is 1. The molecular formula is C11H16N2O. The Labute approximate surface area is 84.1 Å². The van der Waals surface area contributed by atoms with Gasteiger partial charge < -0.3 is 15.7 Å². The maximum Gasteiger partial charge on any atom is 0.139 e. The number of likely N-dealkylation sites (N-methyl/N-ethyl adjacent to an activating group) is 1. The number of nitrogens with two attached hydrogens (primary N) is 1. The van der Waals surface area contributed by atoms with Gasteiger partial charge in [0, 0.05) is 13.1 Å². The first kappa shape index (κ1) is 9.34. The molecule has 1 aliphatic rings. The van der Waals surface area contributed by atoms with Crippen LogP contribution in [0.25, 0.3) is 0 Å². The van der Waals surface area contributed by atoms with Crippen molar-refractivity contribution in [2.75, 3.05) is 18.5 Å². The molecule has 1 unspecified atom stereocenters. The normalized spacial score (nSPS) is 19.9. The predicted octanol–water partition coefficient (Wildman–Crippen LogP) is 1.10. The molecule has 14 heavy (non-hydrogen) atoms. The number of rotatable bonds is 2. The molecule has 3 nitrogen and oxygen atoms in total. The lowest BCUT2D eigenvalue weighted by molar-refractivity contribution is 0.474. The summed E-state index contributed by atoms with van der Waals surface area (Å²) in [5.41, 5.74) is 7.76. The van der Waals surface area contributed by atoms with Crippen molar-refractivity contribution in [1.29, 1.82) is 0 Å². The average Bonchev–Trinajstić information content (AvgIpc) is 2.46. The number of nitrogens with zero attached hydrogens (tertiary/aromatic N) is 1. The van der Waals surface area contributed by atoms with Crippen LogP contribution >= 0.6 is 0 Å². The first-order chi connectivity index (χ1) is 6.74.